The van der Waals surface area contributed by atoms with Crippen LogP contribution in [0.25, 0.3) is 0 Å². The second kappa shape index (κ2) is 6.92. The van der Waals surface area contributed by atoms with Crippen LogP contribution in [0.3, 0.4) is 0 Å². The molecule has 2 rings (SSSR count). The van der Waals surface area contributed by atoms with E-state index in [0.717, 1.165) is 32.7 Å². The summed E-state index contributed by atoms with van der Waals surface area (Å²) >= 11 is 6.01. The molecule has 0 amide bonds. The Morgan fingerprint density at radius 3 is 2.65 bits per heavy atom. The Hall–Kier alpha value is -1.30. The van der Waals surface area contributed by atoms with Gasteiger partial charge in [0.25, 0.3) is 0 Å². The molecule has 1 saturated heterocycles. The molecule has 0 unspecified atom stereocenters. The second-order valence-electron chi connectivity index (χ2n) is 4.94. The number of carboxylic acid groups (broad SMARTS) is 1. The number of carboxylic acids is 1. The molecular weight excluding hydrogens is 280 g/mol. The highest BCUT2D eigenvalue weighted by Gasteiger charge is 2.13. The van der Waals surface area contributed by atoms with Gasteiger partial charge in [0.05, 0.1) is 10.6 Å². The van der Waals surface area contributed by atoms with E-state index < -0.39 is 5.97 Å². The van der Waals surface area contributed by atoms with Gasteiger partial charge in [0.2, 0.25) is 0 Å². The highest BCUT2D eigenvalue weighted by atomic mass is 35.5. The van der Waals surface area contributed by atoms with Crippen molar-refractivity contribution in [2.75, 3.05) is 46.4 Å². The van der Waals surface area contributed by atoms with Gasteiger partial charge in [0.15, 0.2) is 0 Å². The maximum absolute atomic E-state index is 10.8. The summed E-state index contributed by atoms with van der Waals surface area (Å²) < 4.78 is 5.62. The Bertz CT molecular complexity index is 473. The normalized spacial score (nSPS) is 17.1. The highest BCUT2D eigenvalue weighted by molar-refractivity contribution is 6.32. The lowest BCUT2D eigenvalue weighted by Crippen LogP contribution is -2.45. The van der Waals surface area contributed by atoms with Crippen molar-refractivity contribution in [3.05, 3.63) is 28.8 Å². The van der Waals surface area contributed by atoms with Gasteiger partial charge in [-0.1, -0.05) is 11.6 Å². The minimum atomic E-state index is -0.990. The van der Waals surface area contributed by atoms with E-state index in [1.165, 1.54) is 12.1 Å². The van der Waals surface area contributed by atoms with Crippen molar-refractivity contribution in [1.82, 2.24) is 9.80 Å². The molecule has 5 nitrogen and oxygen atoms in total. The zero-order valence-corrected chi connectivity index (χ0v) is 12.3. The molecule has 1 fully saturated rings. The van der Waals surface area contributed by atoms with Gasteiger partial charge in [0, 0.05) is 32.7 Å². The average molecular weight is 299 g/mol. The number of halogens is 1. The molecule has 20 heavy (non-hydrogen) atoms. The lowest BCUT2D eigenvalue weighted by atomic mass is 10.2. The van der Waals surface area contributed by atoms with Crippen LogP contribution in [0, 0.1) is 0 Å². The van der Waals surface area contributed by atoms with Crippen molar-refractivity contribution in [3.8, 4) is 5.75 Å². The van der Waals surface area contributed by atoms with Crippen molar-refractivity contribution in [2.45, 2.75) is 0 Å². The second-order valence-corrected chi connectivity index (χ2v) is 5.35. The van der Waals surface area contributed by atoms with Crippen LogP contribution in [0.15, 0.2) is 18.2 Å². The van der Waals surface area contributed by atoms with E-state index in [1.54, 1.807) is 6.07 Å². The predicted octanol–water partition coefficient (Wildman–Crippen LogP) is 1.66. The summed E-state index contributed by atoms with van der Waals surface area (Å²) in [5.74, 6) is -0.457. The molecule has 6 heteroatoms. The van der Waals surface area contributed by atoms with Gasteiger partial charge >= 0.3 is 5.97 Å². The number of piperazine rings is 1. The lowest BCUT2D eigenvalue weighted by Gasteiger charge is -2.32. The SMILES string of the molecule is CN1CCN(CCOc2ccc(C(=O)O)cc2Cl)CC1. The van der Waals surface area contributed by atoms with Gasteiger partial charge in [-0.15, -0.1) is 0 Å². The minimum Gasteiger partial charge on any atom is -0.491 e. The molecule has 1 aromatic carbocycles. The maximum atomic E-state index is 10.8. The van der Waals surface area contributed by atoms with Crippen molar-refractivity contribution in [3.63, 3.8) is 0 Å². The first-order valence-corrected chi connectivity index (χ1v) is 7.00. The third kappa shape index (κ3) is 4.10. The van der Waals surface area contributed by atoms with Gasteiger partial charge in [-0.25, -0.2) is 4.79 Å². The van der Waals surface area contributed by atoms with Crippen LogP contribution < -0.4 is 4.74 Å². The number of benzene rings is 1. The number of carbonyl (C=O) groups is 1. The number of nitrogens with zero attached hydrogens (tertiary/aromatic N) is 2. The third-order valence-corrected chi connectivity index (χ3v) is 3.74. The fourth-order valence-corrected chi connectivity index (χ4v) is 2.34. The molecule has 0 aromatic heterocycles. The molecule has 0 atom stereocenters. The first-order chi connectivity index (χ1) is 9.56. The Balaban J connectivity index is 1.81. The van der Waals surface area contributed by atoms with Gasteiger partial charge in [-0.2, -0.15) is 0 Å². The molecule has 0 bridgehead atoms. The minimum absolute atomic E-state index is 0.168. The lowest BCUT2D eigenvalue weighted by molar-refractivity contribution is 0.0697. The van der Waals surface area contributed by atoms with Crippen LogP contribution in [-0.2, 0) is 0 Å². The topological polar surface area (TPSA) is 53.0 Å². The zero-order chi connectivity index (χ0) is 14.5. The first-order valence-electron chi connectivity index (χ1n) is 6.63. The van der Waals surface area contributed by atoms with Crippen LogP contribution >= 0.6 is 11.6 Å². The zero-order valence-electron chi connectivity index (χ0n) is 11.5. The quantitative estimate of drug-likeness (QED) is 0.896. The smallest absolute Gasteiger partial charge is 0.335 e. The van der Waals surface area contributed by atoms with E-state index >= 15 is 0 Å². The van der Waals surface area contributed by atoms with Crippen molar-refractivity contribution in [1.29, 1.82) is 0 Å². The number of ether oxygens (including phenoxy) is 1. The standard InChI is InChI=1S/C14H19ClN2O3/c1-16-4-6-17(7-5-16)8-9-20-13-3-2-11(14(18)19)10-12(13)15/h2-3,10H,4-9H2,1H3,(H,18,19). The number of hydrogen-bond acceptors (Lipinski definition) is 4. The van der Waals surface area contributed by atoms with Crippen LogP contribution in [0.2, 0.25) is 5.02 Å². The maximum Gasteiger partial charge on any atom is 0.335 e. The summed E-state index contributed by atoms with van der Waals surface area (Å²) in [6.07, 6.45) is 0. The molecule has 1 heterocycles. The Morgan fingerprint density at radius 1 is 1.35 bits per heavy atom. The van der Waals surface area contributed by atoms with Crippen LogP contribution in [0.4, 0.5) is 0 Å². The fourth-order valence-electron chi connectivity index (χ4n) is 2.11. The monoisotopic (exact) mass is 298 g/mol. The Kier molecular flexibility index (Phi) is 5.23. The van der Waals surface area contributed by atoms with Crippen molar-refractivity contribution >= 4 is 17.6 Å². The van der Waals surface area contributed by atoms with Gasteiger partial charge in [-0.05, 0) is 25.2 Å². The summed E-state index contributed by atoms with van der Waals surface area (Å²) in [4.78, 5) is 15.5. The van der Waals surface area contributed by atoms with Crippen molar-refractivity contribution in [2.24, 2.45) is 0 Å². The van der Waals surface area contributed by atoms with E-state index in [0.29, 0.717) is 17.4 Å². The molecule has 0 radical (unpaired) electrons. The molecule has 1 aromatic rings. The molecular formula is C14H19ClN2O3. The number of hydrogen-bond donors (Lipinski definition) is 1. The molecule has 0 aliphatic carbocycles. The van der Waals surface area contributed by atoms with E-state index in [-0.39, 0.29) is 5.56 Å². The van der Waals surface area contributed by atoms with E-state index in [4.69, 9.17) is 21.4 Å². The van der Waals surface area contributed by atoms with Crippen LogP contribution in [-0.4, -0.2) is 67.3 Å². The van der Waals surface area contributed by atoms with E-state index in [2.05, 4.69) is 16.8 Å². The molecule has 1 N–H and O–H groups in total. The fraction of sp³-hybridized carbons (Fsp3) is 0.500. The van der Waals surface area contributed by atoms with Crippen molar-refractivity contribution < 1.29 is 14.6 Å². The molecule has 110 valence electrons. The Morgan fingerprint density at radius 2 is 2.05 bits per heavy atom. The Labute approximate surface area is 123 Å². The average Bonchev–Trinajstić information content (AvgIpc) is 2.42. The summed E-state index contributed by atoms with van der Waals surface area (Å²) in [5.41, 5.74) is 0.168. The van der Waals surface area contributed by atoms with E-state index in [1.807, 2.05) is 0 Å². The number of rotatable bonds is 5. The summed E-state index contributed by atoms with van der Waals surface area (Å²) in [6.45, 7) is 5.65. The van der Waals surface area contributed by atoms with Crippen LogP contribution in [0.5, 0.6) is 5.75 Å². The van der Waals surface area contributed by atoms with Gasteiger partial charge < -0.3 is 14.7 Å². The van der Waals surface area contributed by atoms with Gasteiger partial charge in [0.1, 0.15) is 12.4 Å². The predicted molar refractivity (Wildman–Crippen MR) is 77.8 cm³/mol. The molecule has 0 saturated carbocycles. The molecule has 0 spiro atoms. The number of likely N-dealkylation sites (N-methyl/N-ethyl adjacent to an activating group) is 1. The van der Waals surface area contributed by atoms with Crippen LogP contribution in [0.1, 0.15) is 10.4 Å². The summed E-state index contributed by atoms with van der Waals surface area (Å²) in [7, 11) is 2.12. The summed E-state index contributed by atoms with van der Waals surface area (Å²) in [5, 5.41) is 9.19. The van der Waals surface area contributed by atoms with E-state index in [9.17, 15) is 4.79 Å². The third-order valence-electron chi connectivity index (χ3n) is 3.44. The summed E-state index contributed by atoms with van der Waals surface area (Å²) in [6, 6.07) is 4.52. The number of aromatic carboxylic acids is 1. The highest BCUT2D eigenvalue weighted by Crippen LogP contribution is 2.25. The van der Waals surface area contributed by atoms with Gasteiger partial charge in [-0.3, -0.25) is 4.90 Å². The molecule has 1 aliphatic rings. The molecule has 1 aliphatic heterocycles. The first kappa shape index (κ1) is 15.1. The largest absolute Gasteiger partial charge is 0.491 e.